The van der Waals surface area contributed by atoms with Gasteiger partial charge in [0.15, 0.2) is 11.2 Å². The number of para-hydroxylation sites is 1. The van der Waals surface area contributed by atoms with Crippen LogP contribution in [-0.4, -0.2) is 33.3 Å². The smallest absolute Gasteiger partial charge is 0.239 e. The van der Waals surface area contributed by atoms with Crippen molar-refractivity contribution < 1.29 is 18.3 Å². The average Bonchev–Trinajstić information content (AvgIpc) is 3.59. The molecule has 5 aromatic rings. The van der Waals surface area contributed by atoms with Crippen molar-refractivity contribution in [1.29, 1.82) is 0 Å². The molecule has 1 N–H and O–H groups in total. The molecule has 184 valence electrons. The minimum atomic E-state index is -0.262. The van der Waals surface area contributed by atoms with Gasteiger partial charge in [0, 0.05) is 18.1 Å². The molecule has 1 aliphatic rings. The number of nitrogens with zero attached hydrogens (tertiary/aromatic N) is 3. The first-order valence-corrected chi connectivity index (χ1v) is 11.7. The maximum Gasteiger partial charge on any atom is 0.239 e. The molecule has 0 fully saturated rings. The van der Waals surface area contributed by atoms with E-state index in [0.717, 1.165) is 34.4 Å². The number of nitrogens with one attached hydrogen (secondary N) is 1. The Balaban J connectivity index is 1.16. The predicted molar refractivity (Wildman–Crippen MR) is 135 cm³/mol. The first-order chi connectivity index (χ1) is 18.1. The van der Waals surface area contributed by atoms with Gasteiger partial charge < -0.3 is 13.9 Å². The number of tetrazole rings is 1. The van der Waals surface area contributed by atoms with Crippen molar-refractivity contribution >= 4 is 23.1 Å². The summed E-state index contributed by atoms with van der Waals surface area (Å²) in [6, 6.07) is 19.1. The molecular weight excluding hydrogens is 475 g/mol. The van der Waals surface area contributed by atoms with Crippen LogP contribution in [0.2, 0.25) is 0 Å². The van der Waals surface area contributed by atoms with Gasteiger partial charge in [-0.1, -0.05) is 42.5 Å². The average molecular weight is 496 g/mol. The van der Waals surface area contributed by atoms with Crippen molar-refractivity contribution in [3.05, 3.63) is 105 Å². The Hall–Kier alpha value is -4.63. The number of hydrogen-bond donors (Lipinski definition) is 1. The summed E-state index contributed by atoms with van der Waals surface area (Å²) >= 11 is 0. The van der Waals surface area contributed by atoms with Gasteiger partial charge >= 0.3 is 0 Å². The molecule has 0 amide bonds. The highest BCUT2D eigenvalue weighted by Crippen LogP contribution is 2.31. The maximum atomic E-state index is 13.1. The van der Waals surface area contributed by atoms with E-state index in [9.17, 15) is 9.18 Å². The lowest BCUT2D eigenvalue weighted by atomic mass is 10.0. The van der Waals surface area contributed by atoms with Crippen LogP contribution >= 0.6 is 0 Å². The lowest BCUT2D eigenvalue weighted by Crippen LogP contribution is -2.20. The number of aromatic amines is 1. The van der Waals surface area contributed by atoms with Crippen LogP contribution in [0, 0.1) is 5.82 Å². The number of H-pyrrole nitrogens is 1. The zero-order valence-corrected chi connectivity index (χ0v) is 19.6. The van der Waals surface area contributed by atoms with Gasteiger partial charge in [-0.3, -0.25) is 4.79 Å². The lowest BCUT2D eigenvalue weighted by Gasteiger charge is -2.11. The van der Waals surface area contributed by atoms with Crippen LogP contribution in [-0.2, 0) is 17.8 Å². The molecule has 0 saturated heterocycles. The Morgan fingerprint density at radius 1 is 1.08 bits per heavy atom. The van der Waals surface area contributed by atoms with Crippen LogP contribution in [0.1, 0.15) is 22.3 Å². The SMILES string of the molecule is O=c1cc(-c2nn[nH]n2)oc2c(/C=C/c3ccc4c(c3)CC(COCc3ccc(F)cc3)O4)cccc12. The molecule has 0 radical (unpaired) electrons. The summed E-state index contributed by atoms with van der Waals surface area (Å²) in [5.74, 6) is 1.04. The third-order valence-corrected chi connectivity index (χ3v) is 6.12. The van der Waals surface area contributed by atoms with E-state index in [1.807, 2.05) is 36.4 Å². The fraction of sp³-hybridized carbons (Fsp3) is 0.143. The first-order valence-electron chi connectivity index (χ1n) is 11.7. The maximum absolute atomic E-state index is 13.1. The third-order valence-electron chi connectivity index (χ3n) is 6.12. The Bertz CT molecular complexity index is 1650. The molecule has 2 aromatic heterocycles. The van der Waals surface area contributed by atoms with E-state index >= 15 is 0 Å². The third kappa shape index (κ3) is 4.89. The van der Waals surface area contributed by atoms with E-state index in [-0.39, 0.29) is 28.9 Å². The minimum Gasteiger partial charge on any atom is -0.487 e. The molecule has 3 heterocycles. The summed E-state index contributed by atoms with van der Waals surface area (Å²) in [6.07, 6.45) is 4.53. The first kappa shape index (κ1) is 22.8. The monoisotopic (exact) mass is 496 g/mol. The molecule has 37 heavy (non-hydrogen) atoms. The quantitative estimate of drug-likeness (QED) is 0.323. The number of hydrogen-bond acceptors (Lipinski definition) is 7. The second-order valence-corrected chi connectivity index (χ2v) is 8.72. The van der Waals surface area contributed by atoms with Crippen molar-refractivity contribution in [1.82, 2.24) is 20.6 Å². The summed E-state index contributed by atoms with van der Waals surface area (Å²) in [6.45, 7) is 0.842. The fourth-order valence-corrected chi connectivity index (χ4v) is 4.32. The molecule has 1 atom stereocenters. The van der Waals surface area contributed by atoms with Crippen molar-refractivity contribution in [2.24, 2.45) is 0 Å². The van der Waals surface area contributed by atoms with Crippen LogP contribution in [0.15, 0.2) is 75.9 Å². The lowest BCUT2D eigenvalue weighted by molar-refractivity contribution is 0.0510. The molecule has 1 aliphatic heterocycles. The van der Waals surface area contributed by atoms with Crippen molar-refractivity contribution in [3.63, 3.8) is 0 Å². The van der Waals surface area contributed by atoms with Crippen LogP contribution in [0.25, 0.3) is 34.7 Å². The van der Waals surface area contributed by atoms with E-state index in [2.05, 4.69) is 26.7 Å². The Morgan fingerprint density at radius 3 is 2.81 bits per heavy atom. The van der Waals surface area contributed by atoms with Crippen molar-refractivity contribution in [2.45, 2.75) is 19.1 Å². The van der Waals surface area contributed by atoms with Gasteiger partial charge in [-0.25, -0.2) is 4.39 Å². The van der Waals surface area contributed by atoms with Crippen molar-refractivity contribution in [3.8, 4) is 17.3 Å². The number of halogens is 1. The highest BCUT2D eigenvalue weighted by Gasteiger charge is 2.23. The van der Waals surface area contributed by atoms with Gasteiger partial charge in [0.1, 0.15) is 23.3 Å². The highest BCUT2D eigenvalue weighted by atomic mass is 19.1. The molecule has 9 heteroatoms. The Labute approximate surface area is 210 Å². The molecular formula is C28H21FN4O4. The fourth-order valence-electron chi connectivity index (χ4n) is 4.32. The van der Waals surface area contributed by atoms with Gasteiger partial charge in [0.05, 0.1) is 18.6 Å². The van der Waals surface area contributed by atoms with Gasteiger partial charge in [-0.05, 0) is 52.2 Å². The topological polar surface area (TPSA) is 103 Å². The number of fused-ring (bicyclic) bond motifs is 2. The van der Waals surface area contributed by atoms with E-state index < -0.39 is 0 Å². The largest absolute Gasteiger partial charge is 0.487 e. The van der Waals surface area contributed by atoms with Gasteiger partial charge in [0.2, 0.25) is 5.82 Å². The normalized spacial score (nSPS) is 14.8. The molecule has 6 rings (SSSR count). The molecule has 0 bridgehead atoms. The number of aromatic nitrogens is 4. The number of rotatable bonds is 7. The molecule has 8 nitrogen and oxygen atoms in total. The summed E-state index contributed by atoms with van der Waals surface area (Å²) in [5, 5.41) is 14.2. The van der Waals surface area contributed by atoms with E-state index in [4.69, 9.17) is 13.9 Å². The molecule has 3 aromatic carbocycles. The van der Waals surface area contributed by atoms with Gasteiger partial charge in [0.25, 0.3) is 0 Å². The van der Waals surface area contributed by atoms with Gasteiger partial charge in [-0.15, -0.1) is 10.2 Å². The minimum absolute atomic E-state index is 0.0782. The molecule has 1 unspecified atom stereocenters. The summed E-state index contributed by atoms with van der Waals surface area (Å²) in [5.41, 5.74) is 4.03. The van der Waals surface area contributed by atoms with E-state index in [1.165, 1.54) is 18.2 Å². The predicted octanol–water partition coefficient (Wildman–Crippen LogP) is 4.80. The van der Waals surface area contributed by atoms with Crippen LogP contribution in [0.5, 0.6) is 5.75 Å². The second kappa shape index (κ2) is 9.79. The highest BCUT2D eigenvalue weighted by molar-refractivity contribution is 5.89. The Morgan fingerprint density at radius 2 is 1.97 bits per heavy atom. The molecule has 0 aliphatic carbocycles. The molecule has 0 saturated carbocycles. The standard InChI is InChI=1S/C28H21FN4O4/c29-21-9-5-18(6-10-21)15-35-16-22-13-20-12-17(7-11-25(20)36-22)4-8-19-2-1-3-23-24(34)14-26(37-27(19)23)28-30-32-33-31-28/h1-12,14,22H,13,15-16H2,(H,30,31,32,33)/b8-4+. The zero-order chi connectivity index (χ0) is 25.2. The zero-order valence-electron chi connectivity index (χ0n) is 19.6. The van der Waals surface area contributed by atoms with E-state index in [0.29, 0.717) is 24.2 Å². The van der Waals surface area contributed by atoms with Crippen LogP contribution < -0.4 is 10.2 Å². The van der Waals surface area contributed by atoms with E-state index in [1.54, 1.807) is 18.2 Å². The summed E-state index contributed by atoms with van der Waals surface area (Å²) in [4.78, 5) is 12.6. The summed E-state index contributed by atoms with van der Waals surface area (Å²) in [7, 11) is 0. The summed E-state index contributed by atoms with van der Waals surface area (Å²) < 4.78 is 30.8. The molecule has 0 spiro atoms. The van der Waals surface area contributed by atoms with Crippen molar-refractivity contribution in [2.75, 3.05) is 6.61 Å². The van der Waals surface area contributed by atoms with Crippen LogP contribution in [0.4, 0.5) is 4.39 Å². The second-order valence-electron chi connectivity index (χ2n) is 8.72. The van der Waals surface area contributed by atoms with Crippen LogP contribution in [0.3, 0.4) is 0 Å². The Kier molecular flexibility index (Phi) is 6.03. The van der Waals surface area contributed by atoms with Gasteiger partial charge in [-0.2, -0.15) is 5.21 Å². The number of benzene rings is 3. The number of ether oxygens (including phenoxy) is 2.